The molecule has 2 aromatic heterocycles. The molecule has 172 valence electrons. The van der Waals surface area contributed by atoms with Crippen LogP contribution in [0.3, 0.4) is 0 Å². The predicted octanol–water partition coefficient (Wildman–Crippen LogP) is 5.64. The molecule has 0 aliphatic carbocycles. The molecule has 13 heteroatoms. The lowest BCUT2D eigenvalue weighted by Crippen LogP contribution is -2.34. The zero-order chi connectivity index (χ0) is 23.8. The highest BCUT2D eigenvalue weighted by atomic mass is 35.5. The van der Waals surface area contributed by atoms with E-state index in [-0.39, 0.29) is 13.6 Å². The van der Waals surface area contributed by atoms with Gasteiger partial charge in [0.25, 0.3) is 15.9 Å². The molecular weight excluding hydrogens is 552 g/mol. The number of thiophene rings is 1. The van der Waals surface area contributed by atoms with Gasteiger partial charge in [0.05, 0.1) is 23.4 Å². The molecule has 2 heterocycles. The minimum absolute atomic E-state index is 0.0893. The minimum atomic E-state index is -4.13. The summed E-state index contributed by atoms with van der Waals surface area (Å²) in [5.41, 5.74) is 2.07. The van der Waals surface area contributed by atoms with Gasteiger partial charge >= 0.3 is 0 Å². The van der Waals surface area contributed by atoms with Crippen LogP contribution in [-0.4, -0.2) is 30.5 Å². The van der Waals surface area contributed by atoms with Crippen LogP contribution in [-0.2, 0) is 21.4 Å². The van der Waals surface area contributed by atoms with Gasteiger partial charge in [0.1, 0.15) is 19.8 Å². The first-order valence-electron chi connectivity index (χ1n) is 9.15. The Labute approximate surface area is 212 Å². The van der Waals surface area contributed by atoms with E-state index >= 15 is 0 Å². The van der Waals surface area contributed by atoms with Crippen LogP contribution < -0.4 is 9.46 Å². The number of carbonyl (C=O) groups is 1. The fraction of sp³-hybridized carbons (Fsp3) is 0.100. The normalized spacial score (nSPS) is 11.6. The van der Waals surface area contributed by atoms with E-state index in [4.69, 9.17) is 51.1 Å². The van der Waals surface area contributed by atoms with Gasteiger partial charge in [-0.25, -0.2) is 18.1 Å². The van der Waals surface area contributed by atoms with E-state index in [2.05, 4.69) is 4.98 Å². The molecule has 0 aliphatic rings. The molecular formula is C20H13Cl4N3O4S2. The Balaban J connectivity index is 1.52. The zero-order valence-electron chi connectivity index (χ0n) is 16.4. The molecule has 0 atom stereocenters. The van der Waals surface area contributed by atoms with Gasteiger partial charge in [-0.1, -0.05) is 58.5 Å². The number of nitrogens with zero attached hydrogens (tertiary/aromatic N) is 2. The van der Waals surface area contributed by atoms with Gasteiger partial charge in [0.15, 0.2) is 6.61 Å². The Morgan fingerprint density at radius 2 is 1.88 bits per heavy atom. The summed E-state index contributed by atoms with van der Waals surface area (Å²) in [6.45, 7) is -0.161. The number of carbonyl (C=O) groups excluding carboxylic acids is 1. The van der Waals surface area contributed by atoms with Crippen molar-refractivity contribution in [3.8, 4) is 5.75 Å². The van der Waals surface area contributed by atoms with Gasteiger partial charge in [0, 0.05) is 10.0 Å². The zero-order valence-corrected chi connectivity index (χ0v) is 21.0. The van der Waals surface area contributed by atoms with E-state index in [0.29, 0.717) is 33.4 Å². The van der Waals surface area contributed by atoms with Gasteiger partial charge in [-0.2, -0.15) is 0 Å². The van der Waals surface area contributed by atoms with Crippen LogP contribution in [0.2, 0.25) is 19.4 Å². The van der Waals surface area contributed by atoms with Crippen LogP contribution in [0.5, 0.6) is 5.75 Å². The summed E-state index contributed by atoms with van der Waals surface area (Å²) in [5, 5.41) is 1.11. The van der Waals surface area contributed by atoms with Crippen molar-refractivity contribution in [2.75, 3.05) is 6.61 Å². The number of rotatable bonds is 7. The second kappa shape index (κ2) is 9.69. The van der Waals surface area contributed by atoms with Crippen molar-refractivity contribution in [3.05, 3.63) is 73.8 Å². The Bertz CT molecular complexity index is 1450. The van der Waals surface area contributed by atoms with Crippen LogP contribution in [0.25, 0.3) is 11.0 Å². The maximum Gasteiger partial charge on any atom is 0.273 e. The first kappa shape index (κ1) is 24.1. The van der Waals surface area contributed by atoms with Crippen molar-refractivity contribution >= 4 is 84.7 Å². The van der Waals surface area contributed by atoms with Crippen molar-refractivity contribution in [2.24, 2.45) is 0 Å². The monoisotopic (exact) mass is 563 g/mol. The topological polar surface area (TPSA) is 90.3 Å². The first-order valence-corrected chi connectivity index (χ1v) is 13.0. The number of sulfonamides is 1. The summed E-state index contributed by atoms with van der Waals surface area (Å²) in [6, 6.07) is 11.5. The van der Waals surface area contributed by atoms with Crippen molar-refractivity contribution in [2.45, 2.75) is 10.8 Å². The lowest BCUT2D eigenvalue weighted by molar-refractivity contribution is -0.121. The van der Waals surface area contributed by atoms with Crippen LogP contribution in [0.15, 0.2) is 53.0 Å². The van der Waals surface area contributed by atoms with Gasteiger partial charge in [-0.3, -0.25) is 4.79 Å². The fourth-order valence-electron chi connectivity index (χ4n) is 3.00. The maximum atomic E-state index is 12.4. The quantitative estimate of drug-likeness (QED) is 0.313. The Hall–Kier alpha value is -2.01. The second-order valence-electron chi connectivity index (χ2n) is 6.74. The first-order chi connectivity index (χ1) is 15.6. The number of para-hydroxylation sites is 1. The maximum absolute atomic E-state index is 12.4. The predicted molar refractivity (Wildman–Crippen MR) is 130 cm³/mol. The van der Waals surface area contributed by atoms with Gasteiger partial charge in [-0.15, -0.1) is 11.3 Å². The van der Waals surface area contributed by atoms with Gasteiger partial charge < -0.3 is 9.30 Å². The Kier molecular flexibility index (Phi) is 7.09. The van der Waals surface area contributed by atoms with Crippen LogP contribution >= 0.6 is 57.7 Å². The van der Waals surface area contributed by atoms with Gasteiger partial charge in [-0.05, 0) is 35.9 Å². The number of hydrogen-bond acceptors (Lipinski definition) is 6. The Morgan fingerprint density at radius 3 is 2.58 bits per heavy atom. The smallest absolute Gasteiger partial charge is 0.273 e. The summed E-state index contributed by atoms with van der Waals surface area (Å²) in [6.07, 6.45) is 1.62. The van der Waals surface area contributed by atoms with E-state index in [9.17, 15) is 13.2 Å². The standard InChI is InChI=1S/C20H13Cl4N3O4S2/c21-12-5-4-11(13(22)6-12)8-27-10-25-15-2-1-3-16(19(15)27)31-9-17(28)26-33(29,30)18-7-14(23)20(24)32-18/h1-7,10H,8-9H2,(H,26,28). The summed E-state index contributed by atoms with van der Waals surface area (Å²) in [4.78, 5) is 16.6. The second-order valence-corrected chi connectivity index (χ2v) is 11.6. The third kappa shape index (κ3) is 5.40. The molecule has 2 aromatic carbocycles. The van der Waals surface area contributed by atoms with E-state index in [1.807, 2.05) is 9.29 Å². The fourth-order valence-corrected chi connectivity index (χ4v) is 6.31. The molecule has 0 saturated carbocycles. The molecule has 7 nitrogen and oxygen atoms in total. The van der Waals surface area contributed by atoms with Crippen molar-refractivity contribution in [1.29, 1.82) is 0 Å². The molecule has 1 N–H and O–H groups in total. The number of hydrogen-bond donors (Lipinski definition) is 1. The Morgan fingerprint density at radius 1 is 1.09 bits per heavy atom. The molecule has 0 bridgehead atoms. The number of imidazole rings is 1. The summed E-state index contributed by atoms with van der Waals surface area (Å²) >= 11 is 24.6. The molecule has 0 aliphatic heterocycles. The largest absolute Gasteiger partial charge is 0.481 e. The third-order valence-electron chi connectivity index (χ3n) is 4.45. The molecule has 33 heavy (non-hydrogen) atoms. The van der Waals surface area contributed by atoms with Crippen LogP contribution in [0.4, 0.5) is 0 Å². The molecule has 1 amide bonds. The van der Waals surface area contributed by atoms with E-state index in [0.717, 1.165) is 16.9 Å². The highest BCUT2D eigenvalue weighted by Gasteiger charge is 2.22. The van der Waals surface area contributed by atoms with Crippen molar-refractivity contribution in [1.82, 2.24) is 14.3 Å². The van der Waals surface area contributed by atoms with E-state index in [1.165, 1.54) is 6.07 Å². The minimum Gasteiger partial charge on any atom is -0.481 e. The third-order valence-corrected chi connectivity index (χ3v) is 8.75. The lowest BCUT2D eigenvalue weighted by atomic mass is 10.2. The SMILES string of the molecule is O=C(COc1cccc2ncn(Cc3ccc(Cl)cc3Cl)c12)NS(=O)(=O)c1cc(Cl)c(Cl)s1. The van der Waals surface area contributed by atoms with E-state index in [1.54, 1.807) is 42.7 Å². The number of nitrogens with one attached hydrogen (secondary N) is 1. The van der Waals surface area contributed by atoms with Crippen LogP contribution in [0.1, 0.15) is 5.56 Å². The van der Waals surface area contributed by atoms with Gasteiger partial charge in [0.2, 0.25) is 0 Å². The number of ether oxygens (including phenoxy) is 1. The van der Waals surface area contributed by atoms with Crippen molar-refractivity contribution in [3.63, 3.8) is 0 Å². The summed E-state index contributed by atoms with van der Waals surface area (Å²) < 4.78 is 34.1. The molecule has 0 unspecified atom stereocenters. The number of fused-ring (bicyclic) bond motifs is 1. The molecule has 0 radical (unpaired) electrons. The molecule has 4 rings (SSSR count). The summed E-state index contributed by atoms with van der Waals surface area (Å²) in [7, 11) is -4.13. The highest BCUT2D eigenvalue weighted by molar-refractivity contribution is 7.92. The lowest BCUT2D eigenvalue weighted by Gasteiger charge is -2.12. The van der Waals surface area contributed by atoms with Crippen LogP contribution in [0, 0.1) is 0 Å². The van der Waals surface area contributed by atoms with Crippen molar-refractivity contribution < 1.29 is 17.9 Å². The number of aromatic nitrogens is 2. The number of benzene rings is 2. The highest BCUT2D eigenvalue weighted by Crippen LogP contribution is 2.34. The average molecular weight is 565 g/mol. The summed E-state index contributed by atoms with van der Waals surface area (Å²) in [5.74, 6) is -0.510. The molecule has 0 saturated heterocycles. The van der Waals surface area contributed by atoms with E-state index < -0.39 is 22.5 Å². The molecule has 4 aromatic rings. The number of halogens is 4. The molecule has 0 spiro atoms. The number of amides is 1. The molecule has 0 fully saturated rings. The average Bonchev–Trinajstić information content (AvgIpc) is 3.32.